The second-order valence-electron chi connectivity index (χ2n) is 8.71. The van der Waals surface area contributed by atoms with Crippen LogP contribution in [0.4, 0.5) is 23.2 Å². The Hall–Kier alpha value is -3.33. The second-order valence-corrected chi connectivity index (χ2v) is 9.08. The third-order valence-corrected chi connectivity index (χ3v) is 6.68. The van der Waals surface area contributed by atoms with Crippen LogP contribution >= 0.6 is 11.6 Å². The summed E-state index contributed by atoms with van der Waals surface area (Å²) in [6, 6.07) is 12.4. The fourth-order valence-corrected chi connectivity index (χ4v) is 4.68. The summed E-state index contributed by atoms with van der Waals surface area (Å²) < 4.78 is 59.6. The maximum absolute atomic E-state index is 13.6. The van der Waals surface area contributed by atoms with E-state index in [1.54, 1.807) is 36.4 Å². The molecule has 0 radical (unpaired) electrons. The van der Waals surface area contributed by atoms with Crippen LogP contribution in [0.15, 0.2) is 48.5 Å². The first kappa shape index (κ1) is 26.7. The van der Waals surface area contributed by atoms with Crippen molar-refractivity contribution in [1.29, 1.82) is 0 Å². The highest BCUT2D eigenvalue weighted by Crippen LogP contribution is 2.35. The molecule has 0 unspecified atom stereocenters. The lowest BCUT2D eigenvalue weighted by Crippen LogP contribution is -2.29. The summed E-state index contributed by atoms with van der Waals surface area (Å²) in [6.45, 7) is 1.75. The molecule has 1 aliphatic rings. The van der Waals surface area contributed by atoms with E-state index in [1.807, 2.05) is 12.1 Å². The number of nitrogens with zero attached hydrogens (tertiary/aromatic N) is 3. The fourth-order valence-electron chi connectivity index (χ4n) is 4.38. The van der Waals surface area contributed by atoms with Crippen LogP contribution in [0.5, 0.6) is 5.75 Å². The van der Waals surface area contributed by atoms with Crippen molar-refractivity contribution in [2.24, 2.45) is 0 Å². The standard InChI is InChI=1S/C27H26ClF4N3O2/c1-37-22-12-6-17(15-19(22)16-35-25(27(31)32)23(28)24(33-35)26(29)30)5-11-21(36)18-7-9-20(10-8-18)34-13-3-2-4-14-34/h5-12,15,26-27H,2-4,13-14,16H2,1H3/b11-5+. The number of carbonyl (C=O) groups is 1. The molecule has 0 spiro atoms. The quantitative estimate of drug-likeness (QED) is 0.163. The smallest absolute Gasteiger partial charge is 0.283 e. The Balaban J connectivity index is 1.53. The maximum atomic E-state index is 13.6. The molecular weight excluding hydrogens is 510 g/mol. The zero-order valence-electron chi connectivity index (χ0n) is 20.1. The number of piperidine rings is 1. The van der Waals surface area contributed by atoms with Crippen molar-refractivity contribution >= 4 is 29.1 Å². The van der Waals surface area contributed by atoms with Crippen molar-refractivity contribution < 1.29 is 27.1 Å². The molecule has 0 saturated carbocycles. The number of ketones is 1. The molecular formula is C27H26ClF4N3O2. The van der Waals surface area contributed by atoms with Crippen LogP contribution in [0.3, 0.4) is 0 Å². The van der Waals surface area contributed by atoms with Gasteiger partial charge in [0.2, 0.25) is 0 Å². The number of carbonyl (C=O) groups excluding carboxylic acids is 1. The van der Waals surface area contributed by atoms with Gasteiger partial charge in [0.05, 0.1) is 18.7 Å². The predicted molar refractivity (Wildman–Crippen MR) is 135 cm³/mol. The molecule has 37 heavy (non-hydrogen) atoms. The van der Waals surface area contributed by atoms with Gasteiger partial charge in [0.25, 0.3) is 12.9 Å². The predicted octanol–water partition coefficient (Wildman–Crippen LogP) is 7.36. The number of ether oxygens (including phenoxy) is 1. The molecule has 1 fully saturated rings. The van der Waals surface area contributed by atoms with E-state index in [0.717, 1.165) is 36.3 Å². The van der Waals surface area contributed by atoms with Gasteiger partial charge in [-0.3, -0.25) is 9.48 Å². The number of aromatic nitrogens is 2. The molecule has 1 aliphatic heterocycles. The van der Waals surface area contributed by atoms with Crippen molar-refractivity contribution in [2.75, 3.05) is 25.1 Å². The Bertz CT molecular complexity index is 1270. The Kier molecular flexibility index (Phi) is 8.53. The van der Waals surface area contributed by atoms with E-state index in [4.69, 9.17) is 16.3 Å². The summed E-state index contributed by atoms with van der Waals surface area (Å²) in [5.41, 5.74) is 0.951. The van der Waals surface area contributed by atoms with Gasteiger partial charge in [-0.25, -0.2) is 17.6 Å². The third kappa shape index (κ3) is 6.15. The molecule has 0 bridgehead atoms. The molecule has 196 valence electrons. The number of rotatable bonds is 9. The highest BCUT2D eigenvalue weighted by Gasteiger charge is 2.28. The zero-order valence-corrected chi connectivity index (χ0v) is 20.9. The van der Waals surface area contributed by atoms with E-state index in [-0.39, 0.29) is 12.3 Å². The first-order valence-electron chi connectivity index (χ1n) is 11.8. The van der Waals surface area contributed by atoms with Gasteiger partial charge < -0.3 is 9.64 Å². The first-order chi connectivity index (χ1) is 17.8. The van der Waals surface area contributed by atoms with E-state index < -0.39 is 29.3 Å². The monoisotopic (exact) mass is 535 g/mol. The van der Waals surface area contributed by atoms with Crippen LogP contribution in [0, 0.1) is 0 Å². The summed E-state index contributed by atoms with van der Waals surface area (Å²) in [5.74, 6) is 0.158. The Morgan fingerprint density at radius 1 is 1.05 bits per heavy atom. The molecule has 1 saturated heterocycles. The third-order valence-electron chi connectivity index (χ3n) is 6.29. The zero-order chi connectivity index (χ0) is 26.5. The SMILES string of the molecule is COc1ccc(/C=C/C(=O)c2ccc(N3CCCCC3)cc2)cc1Cn1nc(C(F)F)c(Cl)c1C(F)F. The van der Waals surface area contributed by atoms with Gasteiger partial charge in [-0.2, -0.15) is 5.10 Å². The van der Waals surface area contributed by atoms with Crippen LogP contribution in [0.2, 0.25) is 5.02 Å². The average Bonchev–Trinajstić information content (AvgIpc) is 3.24. The number of benzene rings is 2. The number of halogens is 5. The van der Waals surface area contributed by atoms with Crippen molar-refractivity contribution in [2.45, 2.75) is 38.7 Å². The minimum absolute atomic E-state index is 0.192. The molecule has 2 heterocycles. The van der Waals surface area contributed by atoms with E-state index in [1.165, 1.54) is 19.6 Å². The lowest BCUT2D eigenvalue weighted by Gasteiger charge is -2.28. The van der Waals surface area contributed by atoms with Gasteiger partial charge in [0.15, 0.2) is 5.78 Å². The number of hydrogen-bond acceptors (Lipinski definition) is 4. The Morgan fingerprint density at radius 2 is 1.76 bits per heavy atom. The average molecular weight is 536 g/mol. The van der Waals surface area contributed by atoms with Crippen molar-refractivity contribution in [1.82, 2.24) is 9.78 Å². The summed E-state index contributed by atoms with van der Waals surface area (Å²) >= 11 is 5.76. The molecule has 2 aromatic carbocycles. The van der Waals surface area contributed by atoms with Crippen LogP contribution in [0.25, 0.3) is 6.08 Å². The van der Waals surface area contributed by atoms with Gasteiger partial charge in [0, 0.05) is 29.9 Å². The van der Waals surface area contributed by atoms with E-state index in [9.17, 15) is 22.4 Å². The number of hydrogen-bond donors (Lipinski definition) is 0. The molecule has 3 aromatic rings. The summed E-state index contributed by atoms with van der Waals surface area (Å²) in [7, 11) is 1.40. The van der Waals surface area contributed by atoms with E-state index >= 15 is 0 Å². The van der Waals surface area contributed by atoms with E-state index in [2.05, 4.69) is 10.00 Å². The molecule has 0 amide bonds. The molecule has 4 rings (SSSR count). The van der Waals surface area contributed by atoms with Gasteiger partial charge in [-0.1, -0.05) is 23.7 Å². The minimum atomic E-state index is -3.10. The Morgan fingerprint density at radius 3 is 2.38 bits per heavy atom. The number of methoxy groups -OCH3 is 1. The minimum Gasteiger partial charge on any atom is -0.496 e. The molecule has 0 atom stereocenters. The molecule has 1 aromatic heterocycles. The van der Waals surface area contributed by atoms with Crippen molar-refractivity contribution in [3.05, 3.63) is 81.6 Å². The summed E-state index contributed by atoms with van der Waals surface area (Å²) in [6.07, 6.45) is 0.396. The van der Waals surface area contributed by atoms with E-state index in [0.29, 0.717) is 22.4 Å². The lowest BCUT2D eigenvalue weighted by molar-refractivity contribution is 0.104. The molecule has 0 N–H and O–H groups in total. The van der Waals surface area contributed by atoms with Crippen molar-refractivity contribution in [3.8, 4) is 5.75 Å². The van der Waals surface area contributed by atoms with Gasteiger partial charge in [-0.15, -0.1) is 0 Å². The highest BCUT2D eigenvalue weighted by molar-refractivity contribution is 6.32. The summed E-state index contributed by atoms with van der Waals surface area (Å²) in [5, 5.41) is 2.86. The molecule has 0 aliphatic carbocycles. The second kappa shape index (κ2) is 11.8. The van der Waals surface area contributed by atoms with Gasteiger partial charge in [0.1, 0.15) is 17.1 Å². The largest absolute Gasteiger partial charge is 0.496 e. The topological polar surface area (TPSA) is 47.4 Å². The van der Waals surface area contributed by atoms with Gasteiger partial charge >= 0.3 is 0 Å². The molecule has 5 nitrogen and oxygen atoms in total. The van der Waals surface area contributed by atoms with Crippen molar-refractivity contribution in [3.63, 3.8) is 0 Å². The fraction of sp³-hybridized carbons (Fsp3) is 0.333. The maximum Gasteiger partial charge on any atom is 0.283 e. The Labute approximate surface area is 217 Å². The van der Waals surface area contributed by atoms with Crippen LogP contribution in [-0.4, -0.2) is 35.8 Å². The summed E-state index contributed by atoms with van der Waals surface area (Å²) in [4.78, 5) is 15.0. The number of allylic oxidation sites excluding steroid dienone is 1. The first-order valence-corrected chi connectivity index (χ1v) is 12.2. The number of alkyl halides is 4. The highest BCUT2D eigenvalue weighted by atomic mass is 35.5. The molecule has 10 heteroatoms. The normalized spacial score (nSPS) is 14.2. The van der Waals surface area contributed by atoms with Gasteiger partial charge in [-0.05, 0) is 67.3 Å². The number of anilines is 1. The van der Waals surface area contributed by atoms with Crippen LogP contribution in [0.1, 0.15) is 65.0 Å². The lowest BCUT2D eigenvalue weighted by atomic mass is 10.1. The van der Waals surface area contributed by atoms with Crippen LogP contribution in [-0.2, 0) is 6.54 Å². The van der Waals surface area contributed by atoms with Crippen LogP contribution < -0.4 is 9.64 Å².